The van der Waals surface area contributed by atoms with E-state index in [0.29, 0.717) is 0 Å². The molecule has 2 aliphatic rings. The van der Waals surface area contributed by atoms with Crippen LogP contribution in [0.5, 0.6) is 0 Å². The van der Waals surface area contributed by atoms with E-state index in [9.17, 15) is 0 Å². The minimum absolute atomic E-state index is 0.872. The Morgan fingerprint density at radius 1 is 0.950 bits per heavy atom. The lowest BCUT2D eigenvalue weighted by Gasteiger charge is -2.37. The summed E-state index contributed by atoms with van der Waals surface area (Å²) < 4.78 is 0. The van der Waals surface area contributed by atoms with Crippen molar-refractivity contribution in [3.05, 3.63) is 0 Å². The van der Waals surface area contributed by atoms with Crippen molar-refractivity contribution in [2.75, 3.05) is 45.8 Å². The van der Waals surface area contributed by atoms with Crippen molar-refractivity contribution >= 4 is 0 Å². The zero-order valence-electron chi connectivity index (χ0n) is 13.7. The molecule has 0 aliphatic carbocycles. The van der Waals surface area contributed by atoms with Crippen molar-refractivity contribution in [2.45, 2.75) is 58.4 Å². The van der Waals surface area contributed by atoms with Crippen LogP contribution in [-0.4, -0.2) is 61.7 Å². The van der Waals surface area contributed by atoms with Gasteiger partial charge in [0, 0.05) is 6.04 Å². The lowest BCUT2D eigenvalue weighted by atomic mass is 9.94. The quantitative estimate of drug-likeness (QED) is 0.807. The third kappa shape index (κ3) is 5.01. The molecule has 0 saturated carbocycles. The van der Waals surface area contributed by atoms with Gasteiger partial charge in [0.15, 0.2) is 0 Å². The molecule has 2 rings (SSSR count). The van der Waals surface area contributed by atoms with Gasteiger partial charge in [-0.15, -0.1) is 0 Å². The highest BCUT2D eigenvalue weighted by molar-refractivity contribution is 4.82. The molecule has 2 saturated heterocycles. The van der Waals surface area contributed by atoms with E-state index in [1.165, 1.54) is 77.8 Å². The third-order valence-corrected chi connectivity index (χ3v) is 5.18. The Hall–Kier alpha value is -0.120. The predicted octanol–water partition coefficient (Wildman–Crippen LogP) is 2.57. The Kier molecular flexibility index (Phi) is 7.32. The number of piperidine rings is 1. The topological polar surface area (TPSA) is 18.5 Å². The van der Waals surface area contributed by atoms with E-state index in [1.54, 1.807) is 0 Å². The Bertz CT molecular complexity index is 249. The third-order valence-electron chi connectivity index (χ3n) is 5.18. The Morgan fingerprint density at radius 2 is 1.75 bits per heavy atom. The van der Waals surface area contributed by atoms with E-state index in [2.05, 4.69) is 29.0 Å². The fourth-order valence-electron chi connectivity index (χ4n) is 3.91. The largest absolute Gasteiger partial charge is 0.317 e. The number of nitrogens with zero attached hydrogens (tertiary/aromatic N) is 2. The van der Waals surface area contributed by atoms with Gasteiger partial charge in [0.05, 0.1) is 0 Å². The molecule has 1 unspecified atom stereocenters. The summed E-state index contributed by atoms with van der Waals surface area (Å²) in [5.41, 5.74) is 0. The molecule has 1 N–H and O–H groups in total. The number of rotatable bonds is 6. The van der Waals surface area contributed by atoms with E-state index in [-0.39, 0.29) is 0 Å². The van der Waals surface area contributed by atoms with Gasteiger partial charge in [0.25, 0.3) is 0 Å². The summed E-state index contributed by atoms with van der Waals surface area (Å²) in [7, 11) is 0. The maximum Gasteiger partial charge on any atom is 0.0108 e. The van der Waals surface area contributed by atoms with Crippen molar-refractivity contribution < 1.29 is 0 Å². The van der Waals surface area contributed by atoms with Crippen LogP contribution in [-0.2, 0) is 0 Å². The fraction of sp³-hybridized carbons (Fsp3) is 1.00. The molecule has 2 fully saturated rings. The summed E-state index contributed by atoms with van der Waals surface area (Å²) >= 11 is 0. The molecule has 0 aromatic carbocycles. The minimum atomic E-state index is 0.872. The first-order chi connectivity index (χ1) is 9.83. The minimum Gasteiger partial charge on any atom is -0.317 e. The van der Waals surface area contributed by atoms with Gasteiger partial charge in [0.1, 0.15) is 0 Å². The molecule has 3 nitrogen and oxygen atoms in total. The van der Waals surface area contributed by atoms with Crippen LogP contribution in [0.2, 0.25) is 0 Å². The smallest absolute Gasteiger partial charge is 0.0108 e. The second-order valence-electron chi connectivity index (χ2n) is 6.71. The van der Waals surface area contributed by atoms with Gasteiger partial charge >= 0.3 is 0 Å². The molecule has 118 valence electrons. The number of likely N-dealkylation sites (tertiary alicyclic amines) is 2. The van der Waals surface area contributed by atoms with E-state index < -0.39 is 0 Å². The summed E-state index contributed by atoms with van der Waals surface area (Å²) in [6.07, 6.45) is 8.35. The van der Waals surface area contributed by atoms with Crippen LogP contribution in [0.3, 0.4) is 0 Å². The van der Waals surface area contributed by atoms with Crippen LogP contribution < -0.4 is 5.32 Å². The zero-order chi connectivity index (χ0) is 14.2. The maximum absolute atomic E-state index is 3.52. The number of hydrogen-bond donors (Lipinski definition) is 1. The van der Waals surface area contributed by atoms with Crippen LogP contribution in [0, 0.1) is 5.92 Å². The van der Waals surface area contributed by atoms with Crippen molar-refractivity contribution in [2.24, 2.45) is 5.92 Å². The van der Waals surface area contributed by atoms with Gasteiger partial charge in [0.2, 0.25) is 0 Å². The van der Waals surface area contributed by atoms with Gasteiger partial charge in [-0.2, -0.15) is 0 Å². The number of hydrogen-bond acceptors (Lipinski definition) is 3. The van der Waals surface area contributed by atoms with Crippen LogP contribution in [0.4, 0.5) is 0 Å². The average molecular weight is 281 g/mol. The summed E-state index contributed by atoms with van der Waals surface area (Å²) in [5.74, 6) is 0.925. The summed E-state index contributed by atoms with van der Waals surface area (Å²) in [6.45, 7) is 13.5. The molecule has 3 heteroatoms. The highest BCUT2D eigenvalue weighted by Gasteiger charge is 2.26. The Labute approximate surface area is 126 Å². The molecule has 1 atom stereocenters. The molecule has 0 bridgehead atoms. The van der Waals surface area contributed by atoms with Gasteiger partial charge in [-0.3, -0.25) is 0 Å². The second kappa shape index (κ2) is 9.01. The van der Waals surface area contributed by atoms with E-state index in [1.807, 2.05) is 0 Å². The van der Waals surface area contributed by atoms with Crippen LogP contribution in [0.1, 0.15) is 52.4 Å². The Balaban J connectivity index is 1.70. The molecule has 2 aliphatic heterocycles. The van der Waals surface area contributed by atoms with Crippen molar-refractivity contribution in [3.63, 3.8) is 0 Å². The average Bonchev–Trinajstić information content (AvgIpc) is 2.72. The van der Waals surface area contributed by atoms with Gasteiger partial charge in [-0.1, -0.05) is 13.8 Å². The molecule has 0 spiro atoms. The van der Waals surface area contributed by atoms with Crippen molar-refractivity contribution in [1.82, 2.24) is 15.1 Å². The second-order valence-corrected chi connectivity index (χ2v) is 6.71. The molecule has 2 heterocycles. The van der Waals surface area contributed by atoms with E-state index in [0.717, 1.165) is 18.5 Å². The molecule has 20 heavy (non-hydrogen) atoms. The van der Waals surface area contributed by atoms with Gasteiger partial charge < -0.3 is 15.1 Å². The molecule has 0 aromatic heterocycles. The maximum atomic E-state index is 3.52. The molecule has 0 amide bonds. The zero-order valence-corrected chi connectivity index (χ0v) is 13.7. The van der Waals surface area contributed by atoms with Crippen molar-refractivity contribution in [3.8, 4) is 0 Å². The highest BCUT2D eigenvalue weighted by atomic mass is 15.2. The lowest BCUT2D eigenvalue weighted by Crippen LogP contribution is -2.43. The fourth-order valence-corrected chi connectivity index (χ4v) is 3.91. The number of nitrogens with one attached hydrogen (secondary N) is 1. The van der Waals surface area contributed by atoms with Crippen LogP contribution >= 0.6 is 0 Å². The van der Waals surface area contributed by atoms with Crippen molar-refractivity contribution in [1.29, 1.82) is 0 Å². The normalized spacial score (nSPS) is 27.6. The first kappa shape index (κ1) is 16.3. The van der Waals surface area contributed by atoms with Crippen LogP contribution in [0.25, 0.3) is 0 Å². The molecule has 0 radical (unpaired) electrons. The SMILES string of the molecule is CCCN1CCCC(N2CCC(CNCC)CC2)CC1. The molecule has 0 aromatic rings. The first-order valence-electron chi connectivity index (χ1n) is 9.00. The summed E-state index contributed by atoms with van der Waals surface area (Å²) in [5, 5.41) is 3.52. The van der Waals surface area contributed by atoms with Crippen LogP contribution in [0.15, 0.2) is 0 Å². The lowest BCUT2D eigenvalue weighted by molar-refractivity contribution is 0.120. The van der Waals surface area contributed by atoms with Gasteiger partial charge in [-0.25, -0.2) is 0 Å². The Morgan fingerprint density at radius 3 is 2.45 bits per heavy atom. The monoisotopic (exact) mass is 281 g/mol. The highest BCUT2D eigenvalue weighted by Crippen LogP contribution is 2.23. The molecular weight excluding hydrogens is 246 g/mol. The summed E-state index contributed by atoms with van der Waals surface area (Å²) in [4.78, 5) is 5.48. The molecular formula is C17H35N3. The first-order valence-corrected chi connectivity index (χ1v) is 9.00. The predicted molar refractivity (Wildman–Crippen MR) is 87.2 cm³/mol. The summed E-state index contributed by atoms with van der Waals surface area (Å²) in [6, 6.07) is 0.872. The van der Waals surface area contributed by atoms with E-state index in [4.69, 9.17) is 0 Å². The van der Waals surface area contributed by atoms with Gasteiger partial charge in [-0.05, 0) is 90.3 Å². The van der Waals surface area contributed by atoms with E-state index >= 15 is 0 Å². The standard InChI is InChI=1S/C17H35N3/c1-3-10-19-11-5-6-17(9-12-19)20-13-7-16(8-14-20)15-18-4-2/h16-18H,3-15H2,1-2H3.